The molecule has 4 heteroatoms. The van der Waals surface area contributed by atoms with Crippen LogP contribution in [0.1, 0.15) is 26.0 Å². The zero-order chi connectivity index (χ0) is 10.9. The van der Waals surface area contributed by atoms with Gasteiger partial charge in [0.05, 0.1) is 0 Å². The number of nitrogens with one attached hydrogen (secondary N) is 2. The molecule has 0 atom stereocenters. The second-order valence-corrected chi connectivity index (χ2v) is 3.42. The van der Waals surface area contributed by atoms with Gasteiger partial charge in [-0.25, -0.2) is 9.97 Å². The molecule has 0 saturated carbocycles. The highest BCUT2D eigenvalue weighted by atomic mass is 15.0. The van der Waals surface area contributed by atoms with E-state index in [1.54, 1.807) is 6.33 Å². The molecule has 0 fully saturated rings. The average Bonchev–Trinajstić information content (AvgIpc) is 2.29. The Labute approximate surface area is 91.5 Å². The lowest BCUT2D eigenvalue weighted by atomic mass is 10.3. The number of hydrogen-bond acceptors (Lipinski definition) is 4. The Kier molecular flexibility index (Phi) is 5.70. The molecule has 0 aliphatic carbocycles. The quantitative estimate of drug-likeness (QED) is 0.666. The fourth-order valence-corrected chi connectivity index (χ4v) is 1.27. The van der Waals surface area contributed by atoms with E-state index in [-0.39, 0.29) is 0 Å². The lowest BCUT2D eigenvalue weighted by Crippen LogP contribution is -2.23. The number of nitrogens with zero attached hydrogens (tertiary/aromatic N) is 2. The van der Waals surface area contributed by atoms with Gasteiger partial charge in [-0.05, 0) is 19.4 Å². The van der Waals surface area contributed by atoms with Gasteiger partial charge in [-0.1, -0.05) is 13.8 Å². The van der Waals surface area contributed by atoms with Gasteiger partial charge in [-0.3, -0.25) is 0 Å². The Morgan fingerprint density at radius 1 is 1.13 bits per heavy atom. The Morgan fingerprint density at radius 3 is 2.73 bits per heavy atom. The molecule has 1 aromatic rings. The highest BCUT2D eigenvalue weighted by Gasteiger charge is 1.95. The minimum atomic E-state index is 0.903. The first-order valence-electron chi connectivity index (χ1n) is 5.62. The van der Waals surface area contributed by atoms with Gasteiger partial charge in [-0.15, -0.1) is 0 Å². The summed E-state index contributed by atoms with van der Waals surface area (Å²) in [4.78, 5) is 8.30. The van der Waals surface area contributed by atoms with Crippen molar-refractivity contribution in [2.45, 2.75) is 26.7 Å². The fourth-order valence-electron chi connectivity index (χ4n) is 1.27. The van der Waals surface area contributed by atoms with E-state index < -0.39 is 0 Å². The van der Waals surface area contributed by atoms with Crippen molar-refractivity contribution in [1.29, 1.82) is 0 Å². The smallest absolute Gasteiger partial charge is 0.129 e. The number of anilines is 1. The lowest BCUT2D eigenvalue weighted by molar-refractivity contribution is 0.687. The number of hydrogen-bond donors (Lipinski definition) is 2. The predicted octanol–water partition coefficient (Wildman–Crippen LogP) is 1.45. The van der Waals surface area contributed by atoms with Crippen LogP contribution >= 0.6 is 0 Å². The van der Waals surface area contributed by atoms with E-state index in [0.717, 1.165) is 37.6 Å². The van der Waals surface area contributed by atoms with E-state index in [0.29, 0.717) is 0 Å². The number of aryl methyl sites for hydroxylation is 1. The van der Waals surface area contributed by atoms with Crippen LogP contribution in [0.2, 0.25) is 0 Å². The molecule has 0 saturated heterocycles. The van der Waals surface area contributed by atoms with E-state index in [1.165, 1.54) is 6.42 Å². The van der Waals surface area contributed by atoms with Crippen LogP contribution < -0.4 is 10.6 Å². The molecule has 0 aliphatic heterocycles. The van der Waals surface area contributed by atoms with Gasteiger partial charge in [0.15, 0.2) is 0 Å². The van der Waals surface area contributed by atoms with Crippen molar-refractivity contribution in [2.24, 2.45) is 0 Å². The van der Waals surface area contributed by atoms with Crippen LogP contribution in [0.4, 0.5) is 5.82 Å². The van der Waals surface area contributed by atoms with E-state index in [9.17, 15) is 0 Å². The predicted molar refractivity (Wildman–Crippen MR) is 63.1 cm³/mol. The summed E-state index contributed by atoms with van der Waals surface area (Å²) in [7, 11) is 0. The van der Waals surface area contributed by atoms with Crippen LogP contribution in [0.15, 0.2) is 12.4 Å². The molecule has 0 spiro atoms. The van der Waals surface area contributed by atoms with Crippen molar-refractivity contribution in [2.75, 3.05) is 25.0 Å². The van der Waals surface area contributed by atoms with Crippen molar-refractivity contribution < 1.29 is 0 Å². The van der Waals surface area contributed by atoms with E-state index in [1.807, 2.05) is 6.07 Å². The molecule has 0 unspecified atom stereocenters. The minimum Gasteiger partial charge on any atom is -0.369 e. The Morgan fingerprint density at radius 2 is 2.00 bits per heavy atom. The molecule has 1 rings (SSSR count). The van der Waals surface area contributed by atoms with Gasteiger partial charge in [0, 0.05) is 24.8 Å². The molecule has 84 valence electrons. The first kappa shape index (κ1) is 11.9. The molecule has 0 bridgehead atoms. The average molecular weight is 208 g/mol. The zero-order valence-electron chi connectivity index (χ0n) is 9.58. The van der Waals surface area contributed by atoms with Gasteiger partial charge in [0.1, 0.15) is 12.1 Å². The van der Waals surface area contributed by atoms with Crippen LogP contribution in [0.5, 0.6) is 0 Å². The highest BCUT2D eigenvalue weighted by Crippen LogP contribution is 2.03. The summed E-state index contributed by atoms with van der Waals surface area (Å²) < 4.78 is 0. The molecule has 1 heterocycles. The molecule has 0 aromatic carbocycles. The summed E-state index contributed by atoms with van der Waals surface area (Å²) >= 11 is 0. The maximum absolute atomic E-state index is 4.16. The second kappa shape index (κ2) is 7.17. The molecule has 4 nitrogen and oxygen atoms in total. The topological polar surface area (TPSA) is 49.8 Å². The third-order valence-electron chi connectivity index (χ3n) is 2.12. The van der Waals surface area contributed by atoms with E-state index >= 15 is 0 Å². The van der Waals surface area contributed by atoms with Crippen LogP contribution in [0.3, 0.4) is 0 Å². The molecular formula is C11H20N4. The Balaban J connectivity index is 2.24. The molecule has 0 aliphatic rings. The summed E-state index contributed by atoms with van der Waals surface area (Å²) in [6.07, 6.45) is 3.74. The lowest BCUT2D eigenvalue weighted by Gasteiger charge is -2.06. The van der Waals surface area contributed by atoms with Crippen molar-refractivity contribution in [3.8, 4) is 0 Å². The molecule has 1 aromatic heterocycles. The molecule has 0 radical (unpaired) electrons. The van der Waals surface area contributed by atoms with Crippen LogP contribution in [0, 0.1) is 0 Å². The summed E-state index contributed by atoms with van der Waals surface area (Å²) in [6.45, 7) is 7.21. The van der Waals surface area contributed by atoms with Crippen molar-refractivity contribution >= 4 is 5.82 Å². The first-order valence-corrected chi connectivity index (χ1v) is 5.62. The van der Waals surface area contributed by atoms with Crippen molar-refractivity contribution in [3.05, 3.63) is 18.1 Å². The molecule has 2 N–H and O–H groups in total. The molecule has 0 amide bonds. The summed E-state index contributed by atoms with van der Waals surface area (Å²) in [6, 6.07) is 2.00. The highest BCUT2D eigenvalue weighted by molar-refractivity contribution is 5.34. The standard InChI is InChI=1S/C11H20N4/c1-3-5-12-6-7-13-11-8-10(4-2)14-9-15-11/h8-9,12H,3-7H2,1-2H3,(H,13,14,15). The zero-order valence-corrected chi connectivity index (χ0v) is 9.58. The second-order valence-electron chi connectivity index (χ2n) is 3.42. The van der Waals surface area contributed by atoms with Crippen LogP contribution in [-0.4, -0.2) is 29.6 Å². The third kappa shape index (κ3) is 4.74. The van der Waals surface area contributed by atoms with Gasteiger partial charge in [-0.2, -0.15) is 0 Å². The normalized spacial score (nSPS) is 10.3. The van der Waals surface area contributed by atoms with E-state index in [2.05, 4.69) is 34.4 Å². The van der Waals surface area contributed by atoms with Crippen LogP contribution in [0.25, 0.3) is 0 Å². The first-order chi connectivity index (χ1) is 7.36. The molecule has 15 heavy (non-hydrogen) atoms. The van der Waals surface area contributed by atoms with Gasteiger partial charge >= 0.3 is 0 Å². The monoisotopic (exact) mass is 208 g/mol. The Bertz CT molecular complexity index is 275. The van der Waals surface area contributed by atoms with Gasteiger partial charge in [0.25, 0.3) is 0 Å². The minimum absolute atomic E-state index is 0.903. The maximum atomic E-state index is 4.16. The maximum Gasteiger partial charge on any atom is 0.129 e. The summed E-state index contributed by atoms with van der Waals surface area (Å²) in [5.41, 5.74) is 1.08. The number of aromatic nitrogens is 2. The third-order valence-corrected chi connectivity index (χ3v) is 2.12. The molecular weight excluding hydrogens is 188 g/mol. The van der Waals surface area contributed by atoms with Crippen molar-refractivity contribution in [3.63, 3.8) is 0 Å². The summed E-state index contributed by atoms with van der Waals surface area (Å²) in [5, 5.41) is 6.59. The van der Waals surface area contributed by atoms with Crippen molar-refractivity contribution in [1.82, 2.24) is 15.3 Å². The largest absolute Gasteiger partial charge is 0.369 e. The van der Waals surface area contributed by atoms with Gasteiger partial charge in [0.2, 0.25) is 0 Å². The van der Waals surface area contributed by atoms with Gasteiger partial charge < -0.3 is 10.6 Å². The van der Waals surface area contributed by atoms with E-state index in [4.69, 9.17) is 0 Å². The fraction of sp³-hybridized carbons (Fsp3) is 0.636. The Hall–Kier alpha value is -1.16. The summed E-state index contributed by atoms with van der Waals surface area (Å²) in [5.74, 6) is 0.917. The van der Waals surface area contributed by atoms with Crippen LogP contribution in [-0.2, 0) is 6.42 Å². The SMILES string of the molecule is CCCNCCNc1cc(CC)ncn1. The number of rotatable bonds is 7.